The van der Waals surface area contributed by atoms with Crippen LogP contribution in [0.2, 0.25) is 0 Å². The fourth-order valence-corrected chi connectivity index (χ4v) is 2.35. The standard InChI is InChI=1S/C18H28FNO/c1-3-4-5-6-7-8-9-10-13-20-18(21)16-11-12-17(19)15(2)14-16/h11-12,14H,3-10,13H2,1-2H3,(H,20,21). The number of carbonyl (C=O) groups is 1. The molecule has 118 valence electrons. The molecule has 0 bridgehead atoms. The Hall–Kier alpha value is -1.38. The maximum Gasteiger partial charge on any atom is 0.251 e. The van der Waals surface area contributed by atoms with Gasteiger partial charge < -0.3 is 5.32 Å². The largest absolute Gasteiger partial charge is 0.352 e. The van der Waals surface area contributed by atoms with Crippen LogP contribution in [0.15, 0.2) is 18.2 Å². The first-order valence-corrected chi connectivity index (χ1v) is 8.19. The average molecular weight is 293 g/mol. The van der Waals surface area contributed by atoms with Crippen LogP contribution in [0, 0.1) is 12.7 Å². The van der Waals surface area contributed by atoms with Gasteiger partial charge in [0.1, 0.15) is 5.82 Å². The molecular weight excluding hydrogens is 265 g/mol. The van der Waals surface area contributed by atoms with E-state index in [-0.39, 0.29) is 11.7 Å². The molecule has 0 radical (unpaired) electrons. The van der Waals surface area contributed by atoms with Crippen LogP contribution in [0.25, 0.3) is 0 Å². The highest BCUT2D eigenvalue weighted by atomic mass is 19.1. The molecule has 0 aliphatic rings. The lowest BCUT2D eigenvalue weighted by molar-refractivity contribution is 0.0953. The summed E-state index contributed by atoms with van der Waals surface area (Å²) in [6.45, 7) is 4.60. The molecule has 1 aromatic carbocycles. The maximum atomic E-state index is 13.1. The van der Waals surface area contributed by atoms with Gasteiger partial charge in [0, 0.05) is 12.1 Å². The molecule has 1 N–H and O–H groups in total. The van der Waals surface area contributed by atoms with Crippen molar-refractivity contribution in [3.05, 3.63) is 35.1 Å². The number of rotatable bonds is 10. The molecule has 0 aliphatic carbocycles. The minimum atomic E-state index is -0.269. The average Bonchev–Trinajstić information content (AvgIpc) is 2.48. The lowest BCUT2D eigenvalue weighted by Crippen LogP contribution is -2.24. The highest BCUT2D eigenvalue weighted by Crippen LogP contribution is 2.10. The topological polar surface area (TPSA) is 29.1 Å². The van der Waals surface area contributed by atoms with Crippen molar-refractivity contribution >= 4 is 5.91 Å². The van der Waals surface area contributed by atoms with E-state index in [4.69, 9.17) is 0 Å². The predicted molar refractivity (Wildman–Crippen MR) is 86.1 cm³/mol. The number of hydrogen-bond acceptors (Lipinski definition) is 1. The lowest BCUT2D eigenvalue weighted by Gasteiger charge is -2.06. The second kappa shape index (κ2) is 10.4. The Labute approximate surface area is 128 Å². The molecule has 0 spiro atoms. The molecule has 0 heterocycles. The molecule has 0 unspecified atom stereocenters. The SMILES string of the molecule is CCCCCCCCCCNC(=O)c1ccc(F)c(C)c1. The minimum Gasteiger partial charge on any atom is -0.352 e. The van der Waals surface area contributed by atoms with Crippen molar-refractivity contribution in [2.45, 2.75) is 65.2 Å². The Bertz CT molecular complexity index is 431. The van der Waals surface area contributed by atoms with E-state index in [0.29, 0.717) is 17.7 Å². The first-order valence-electron chi connectivity index (χ1n) is 8.19. The molecule has 0 saturated carbocycles. The van der Waals surface area contributed by atoms with Crippen molar-refractivity contribution in [3.63, 3.8) is 0 Å². The number of aryl methyl sites for hydroxylation is 1. The third-order valence-electron chi connectivity index (χ3n) is 3.74. The van der Waals surface area contributed by atoms with Crippen LogP contribution in [-0.2, 0) is 0 Å². The van der Waals surface area contributed by atoms with Crippen molar-refractivity contribution < 1.29 is 9.18 Å². The molecule has 3 heteroatoms. The molecule has 0 atom stereocenters. The summed E-state index contributed by atoms with van der Waals surface area (Å²) in [5.74, 6) is -0.379. The first-order chi connectivity index (χ1) is 10.1. The van der Waals surface area contributed by atoms with E-state index in [9.17, 15) is 9.18 Å². The van der Waals surface area contributed by atoms with Crippen LogP contribution in [0.4, 0.5) is 4.39 Å². The zero-order chi connectivity index (χ0) is 15.5. The number of amides is 1. The van der Waals surface area contributed by atoms with Gasteiger partial charge in [-0.25, -0.2) is 4.39 Å². The smallest absolute Gasteiger partial charge is 0.251 e. The van der Waals surface area contributed by atoms with Crippen LogP contribution in [-0.4, -0.2) is 12.5 Å². The van der Waals surface area contributed by atoms with E-state index in [1.165, 1.54) is 50.7 Å². The summed E-state index contributed by atoms with van der Waals surface area (Å²) in [4.78, 5) is 11.9. The van der Waals surface area contributed by atoms with E-state index in [2.05, 4.69) is 12.2 Å². The Balaban J connectivity index is 2.09. The molecule has 1 rings (SSSR count). The summed E-state index contributed by atoms with van der Waals surface area (Å²) in [5, 5.41) is 2.90. The number of nitrogens with one attached hydrogen (secondary N) is 1. The van der Waals surface area contributed by atoms with E-state index < -0.39 is 0 Å². The highest BCUT2D eigenvalue weighted by Gasteiger charge is 2.06. The van der Waals surface area contributed by atoms with E-state index in [1.807, 2.05) is 0 Å². The maximum absolute atomic E-state index is 13.1. The van der Waals surface area contributed by atoms with Gasteiger partial charge in [0.05, 0.1) is 0 Å². The van der Waals surface area contributed by atoms with Gasteiger partial charge in [-0.15, -0.1) is 0 Å². The molecule has 0 saturated heterocycles. The summed E-state index contributed by atoms with van der Waals surface area (Å²) in [5.41, 5.74) is 1.04. The Morgan fingerprint density at radius 1 is 1.05 bits per heavy atom. The van der Waals surface area contributed by atoms with Gasteiger partial charge in [-0.3, -0.25) is 4.79 Å². The third kappa shape index (κ3) is 7.26. The third-order valence-corrected chi connectivity index (χ3v) is 3.74. The number of unbranched alkanes of at least 4 members (excludes halogenated alkanes) is 7. The van der Waals surface area contributed by atoms with Crippen molar-refractivity contribution in [3.8, 4) is 0 Å². The van der Waals surface area contributed by atoms with Crippen LogP contribution in [0.5, 0.6) is 0 Å². The highest BCUT2D eigenvalue weighted by molar-refractivity contribution is 5.94. The van der Waals surface area contributed by atoms with Gasteiger partial charge in [0.15, 0.2) is 0 Å². The van der Waals surface area contributed by atoms with Crippen molar-refractivity contribution in [2.75, 3.05) is 6.54 Å². The number of carbonyl (C=O) groups excluding carboxylic acids is 1. The fourth-order valence-electron chi connectivity index (χ4n) is 2.35. The van der Waals surface area contributed by atoms with Crippen LogP contribution in [0.3, 0.4) is 0 Å². The number of benzene rings is 1. The van der Waals surface area contributed by atoms with Gasteiger partial charge in [-0.1, -0.05) is 51.9 Å². The molecule has 0 fully saturated rings. The Morgan fingerprint density at radius 3 is 2.29 bits per heavy atom. The quantitative estimate of drug-likeness (QED) is 0.604. The fraction of sp³-hybridized carbons (Fsp3) is 0.611. The molecule has 1 aromatic rings. The second-order valence-electron chi connectivity index (χ2n) is 5.69. The van der Waals surface area contributed by atoms with Crippen LogP contribution < -0.4 is 5.32 Å². The summed E-state index contributed by atoms with van der Waals surface area (Å²) in [6, 6.07) is 4.48. The van der Waals surface area contributed by atoms with Crippen LogP contribution in [0.1, 0.15) is 74.2 Å². The van der Waals surface area contributed by atoms with Gasteiger partial charge in [0.25, 0.3) is 5.91 Å². The monoisotopic (exact) mass is 293 g/mol. The summed E-state index contributed by atoms with van der Waals surface area (Å²) < 4.78 is 13.1. The molecule has 21 heavy (non-hydrogen) atoms. The molecule has 1 amide bonds. The van der Waals surface area contributed by atoms with Gasteiger partial charge in [-0.05, 0) is 37.1 Å². The van der Waals surface area contributed by atoms with Gasteiger partial charge >= 0.3 is 0 Å². The normalized spacial score (nSPS) is 10.6. The number of halogens is 1. The zero-order valence-electron chi connectivity index (χ0n) is 13.4. The summed E-state index contributed by atoms with van der Waals surface area (Å²) in [7, 11) is 0. The summed E-state index contributed by atoms with van der Waals surface area (Å²) in [6.07, 6.45) is 10.0. The molecule has 2 nitrogen and oxygen atoms in total. The van der Waals surface area contributed by atoms with Crippen molar-refractivity contribution in [1.29, 1.82) is 0 Å². The van der Waals surface area contributed by atoms with E-state index in [0.717, 1.165) is 12.8 Å². The Kier molecular flexibility index (Phi) is 8.72. The molecular formula is C18H28FNO. The van der Waals surface area contributed by atoms with Crippen molar-refractivity contribution in [2.24, 2.45) is 0 Å². The number of hydrogen-bond donors (Lipinski definition) is 1. The van der Waals surface area contributed by atoms with Gasteiger partial charge in [-0.2, -0.15) is 0 Å². The molecule has 0 aromatic heterocycles. The lowest BCUT2D eigenvalue weighted by atomic mass is 10.1. The van der Waals surface area contributed by atoms with E-state index in [1.54, 1.807) is 13.0 Å². The summed E-state index contributed by atoms with van der Waals surface area (Å²) >= 11 is 0. The van der Waals surface area contributed by atoms with E-state index >= 15 is 0 Å². The van der Waals surface area contributed by atoms with Crippen LogP contribution >= 0.6 is 0 Å². The predicted octanol–water partition coefficient (Wildman–Crippen LogP) is 5.00. The van der Waals surface area contributed by atoms with Gasteiger partial charge in [0.2, 0.25) is 0 Å². The zero-order valence-corrected chi connectivity index (χ0v) is 13.4. The minimum absolute atomic E-state index is 0.110. The Morgan fingerprint density at radius 2 is 1.67 bits per heavy atom. The second-order valence-corrected chi connectivity index (χ2v) is 5.69. The van der Waals surface area contributed by atoms with Crippen molar-refractivity contribution in [1.82, 2.24) is 5.32 Å². The first kappa shape index (κ1) is 17.7. The molecule has 0 aliphatic heterocycles.